The fraction of sp³-hybridized carbons (Fsp3) is 0.348. The second kappa shape index (κ2) is 10.5. The number of halogens is 2. The van der Waals surface area contributed by atoms with E-state index < -0.39 is 30.0 Å². The van der Waals surface area contributed by atoms with Crippen molar-refractivity contribution in [1.29, 1.82) is 0 Å². The lowest BCUT2D eigenvalue weighted by Crippen LogP contribution is -2.48. The number of anilines is 3. The van der Waals surface area contributed by atoms with Crippen LogP contribution < -0.4 is 20.3 Å². The molecule has 0 aliphatic carbocycles. The van der Waals surface area contributed by atoms with E-state index in [1.807, 2.05) is 11.9 Å². The third kappa shape index (κ3) is 5.13. The molecular weight excluding hydrogens is 504 g/mol. The fourth-order valence-corrected chi connectivity index (χ4v) is 4.11. The summed E-state index contributed by atoms with van der Waals surface area (Å²) in [4.78, 5) is 29.7. The average Bonchev–Trinajstić information content (AvgIpc) is 3.58. The van der Waals surface area contributed by atoms with Gasteiger partial charge in [-0.1, -0.05) is 0 Å². The molecule has 0 unspecified atom stereocenters. The van der Waals surface area contributed by atoms with Crippen molar-refractivity contribution in [3.8, 4) is 17.3 Å². The Morgan fingerprint density at radius 2 is 1.97 bits per heavy atom. The number of fused-ring (bicyclic) bond motifs is 1. The van der Waals surface area contributed by atoms with E-state index in [0.717, 1.165) is 6.07 Å². The first-order valence-corrected chi connectivity index (χ1v) is 11.8. The molecule has 5 rings (SSSR count). The van der Waals surface area contributed by atoms with Crippen molar-refractivity contribution in [2.75, 3.05) is 68.5 Å². The number of hydrogen-bond acceptors (Lipinski definition) is 11. The van der Waals surface area contributed by atoms with Crippen molar-refractivity contribution in [2.24, 2.45) is 0 Å². The van der Waals surface area contributed by atoms with Crippen LogP contribution in [0.15, 0.2) is 34.9 Å². The van der Waals surface area contributed by atoms with Gasteiger partial charge in [0.1, 0.15) is 0 Å². The molecule has 38 heavy (non-hydrogen) atoms. The number of benzene rings is 1. The molecule has 0 radical (unpaired) electrons. The van der Waals surface area contributed by atoms with Gasteiger partial charge in [0.05, 0.1) is 12.0 Å². The van der Waals surface area contributed by atoms with E-state index in [1.54, 1.807) is 17.0 Å². The number of nitrogens with zero attached hydrogens (tertiary/aromatic N) is 8. The number of nitrogen functional groups attached to an aromatic ring is 1. The van der Waals surface area contributed by atoms with Crippen LogP contribution in [0.25, 0.3) is 17.4 Å². The lowest BCUT2D eigenvalue weighted by atomic mass is 10.2. The number of likely N-dealkylation sites (N-methyl/N-ethyl adjacent to an activating group) is 1. The van der Waals surface area contributed by atoms with Gasteiger partial charge in [0, 0.05) is 46.3 Å². The number of hydrogen-bond donors (Lipinski definition) is 2. The summed E-state index contributed by atoms with van der Waals surface area (Å²) in [6.07, 6.45) is 1.53. The van der Waals surface area contributed by atoms with Gasteiger partial charge in [-0.2, -0.15) is 19.5 Å². The Hall–Kier alpha value is -4.53. The first-order chi connectivity index (χ1) is 18.3. The third-order valence-electron chi connectivity index (χ3n) is 6.14. The highest BCUT2D eigenvalue weighted by Gasteiger charge is 2.24. The summed E-state index contributed by atoms with van der Waals surface area (Å²) in [5.74, 6) is -2.17. The number of nitrogens with two attached hydrogens (primary N) is 1. The topological polar surface area (TPSA) is 151 Å². The summed E-state index contributed by atoms with van der Waals surface area (Å²) in [6.45, 7) is 2.70. The number of furan rings is 1. The molecule has 15 heteroatoms. The van der Waals surface area contributed by atoms with Crippen LogP contribution in [0, 0.1) is 11.6 Å². The van der Waals surface area contributed by atoms with Crippen molar-refractivity contribution < 1.29 is 27.8 Å². The Labute approximate surface area is 215 Å². The van der Waals surface area contributed by atoms with Gasteiger partial charge in [-0.3, -0.25) is 4.90 Å². The number of carboxylic acids is 1. The van der Waals surface area contributed by atoms with Crippen LogP contribution in [-0.2, 0) is 4.79 Å². The maximum absolute atomic E-state index is 14.9. The molecular formula is C23H25F2N9O4. The van der Waals surface area contributed by atoms with Crippen LogP contribution in [0.4, 0.5) is 26.4 Å². The predicted octanol–water partition coefficient (Wildman–Crippen LogP) is 1.36. The number of aliphatic carboxylic acids is 1. The molecule has 1 aliphatic rings. The summed E-state index contributed by atoms with van der Waals surface area (Å²) >= 11 is 0. The summed E-state index contributed by atoms with van der Waals surface area (Å²) in [5.41, 5.74) is 6.25. The van der Waals surface area contributed by atoms with E-state index in [2.05, 4.69) is 25.0 Å². The van der Waals surface area contributed by atoms with Gasteiger partial charge < -0.3 is 29.8 Å². The normalized spacial score (nSPS) is 14.2. The van der Waals surface area contributed by atoms with Gasteiger partial charge in [0.2, 0.25) is 17.7 Å². The summed E-state index contributed by atoms with van der Waals surface area (Å²) in [6, 6.07) is 5.88. The number of rotatable bonds is 9. The van der Waals surface area contributed by atoms with Crippen molar-refractivity contribution >= 4 is 29.3 Å². The zero-order valence-corrected chi connectivity index (χ0v) is 20.4. The summed E-state index contributed by atoms with van der Waals surface area (Å²) in [7, 11) is 1.85. The largest absolute Gasteiger partial charge is 0.479 e. The van der Waals surface area contributed by atoms with E-state index in [1.165, 1.54) is 16.8 Å². The highest BCUT2D eigenvalue weighted by atomic mass is 19.1. The first kappa shape index (κ1) is 25.1. The third-order valence-corrected chi connectivity index (χ3v) is 6.14. The highest BCUT2D eigenvalue weighted by molar-refractivity contribution is 5.68. The van der Waals surface area contributed by atoms with Gasteiger partial charge in [-0.15, -0.1) is 5.10 Å². The van der Waals surface area contributed by atoms with E-state index >= 15 is 0 Å². The maximum Gasteiger partial charge on any atom is 0.341 e. The van der Waals surface area contributed by atoms with Crippen LogP contribution in [0.1, 0.15) is 0 Å². The van der Waals surface area contributed by atoms with Crippen molar-refractivity contribution in [3.63, 3.8) is 0 Å². The Morgan fingerprint density at radius 3 is 2.68 bits per heavy atom. The van der Waals surface area contributed by atoms with Crippen molar-refractivity contribution in [1.82, 2.24) is 29.5 Å². The molecule has 0 saturated carbocycles. The average molecular weight is 530 g/mol. The van der Waals surface area contributed by atoms with Crippen molar-refractivity contribution in [3.05, 3.63) is 42.2 Å². The Kier molecular flexibility index (Phi) is 6.91. The first-order valence-electron chi connectivity index (χ1n) is 11.8. The van der Waals surface area contributed by atoms with Crippen LogP contribution in [-0.4, -0.2) is 93.5 Å². The van der Waals surface area contributed by atoms with Gasteiger partial charge >= 0.3 is 5.97 Å². The number of ether oxygens (including phenoxy) is 1. The lowest BCUT2D eigenvalue weighted by Gasteiger charge is -2.37. The van der Waals surface area contributed by atoms with Crippen LogP contribution >= 0.6 is 0 Å². The van der Waals surface area contributed by atoms with Gasteiger partial charge in [-0.25, -0.2) is 13.6 Å². The highest BCUT2D eigenvalue weighted by Crippen LogP contribution is 2.31. The molecule has 1 aromatic carbocycles. The molecule has 1 fully saturated rings. The molecule has 4 heterocycles. The molecule has 3 N–H and O–H groups in total. The molecule has 0 bridgehead atoms. The SMILES string of the molecule is CN(CCN1CCN(c2ccc(F)c(OCC(=O)O)c2F)CC1)c1nc(N)n2nc(-c3ccco3)nc2n1. The number of aromatic nitrogens is 5. The van der Waals surface area contributed by atoms with E-state index in [-0.39, 0.29) is 11.6 Å². The quantitative estimate of drug-likeness (QED) is 0.322. The standard InChI is InChI=1S/C23H25F2N9O4/c1-31(22-28-21(26)34-23(29-22)27-20(30-34)16-3-2-12-37-16)6-7-32-8-10-33(11-9-32)15-5-4-14(24)19(18(15)25)38-13-17(35)36/h2-5,12H,6-11,13H2,1H3,(H,35,36)(H2,26,27,28,29,30). The van der Waals surface area contributed by atoms with Crippen molar-refractivity contribution in [2.45, 2.75) is 0 Å². The zero-order chi connectivity index (χ0) is 26.8. The minimum Gasteiger partial charge on any atom is -0.479 e. The molecule has 0 spiro atoms. The predicted molar refractivity (Wildman–Crippen MR) is 132 cm³/mol. The minimum absolute atomic E-state index is 0.142. The molecule has 1 aliphatic heterocycles. The molecule has 13 nitrogen and oxygen atoms in total. The summed E-state index contributed by atoms with van der Waals surface area (Å²) < 4.78 is 40.4. The zero-order valence-electron chi connectivity index (χ0n) is 20.4. The van der Waals surface area contributed by atoms with E-state index in [0.29, 0.717) is 62.6 Å². The Bertz CT molecular complexity index is 1440. The van der Waals surface area contributed by atoms with Crippen LogP contribution in [0.5, 0.6) is 5.75 Å². The van der Waals surface area contributed by atoms with Crippen LogP contribution in [0.2, 0.25) is 0 Å². The summed E-state index contributed by atoms with van der Waals surface area (Å²) in [5, 5.41) is 13.0. The second-order valence-electron chi connectivity index (χ2n) is 8.65. The lowest BCUT2D eigenvalue weighted by molar-refractivity contribution is -0.139. The molecule has 0 amide bonds. The van der Waals surface area contributed by atoms with Crippen LogP contribution in [0.3, 0.4) is 0 Å². The smallest absolute Gasteiger partial charge is 0.341 e. The monoisotopic (exact) mass is 529 g/mol. The van der Waals surface area contributed by atoms with Gasteiger partial charge in [0.25, 0.3) is 5.78 Å². The maximum atomic E-state index is 14.9. The van der Waals surface area contributed by atoms with Gasteiger partial charge in [0.15, 0.2) is 29.8 Å². The number of piperazine rings is 1. The minimum atomic E-state index is -1.32. The molecule has 4 aromatic rings. The Morgan fingerprint density at radius 1 is 1.18 bits per heavy atom. The second-order valence-corrected chi connectivity index (χ2v) is 8.65. The molecule has 200 valence electrons. The Balaban J connectivity index is 1.18. The number of carbonyl (C=O) groups is 1. The molecule has 3 aromatic heterocycles. The van der Waals surface area contributed by atoms with E-state index in [4.69, 9.17) is 20.0 Å². The fourth-order valence-electron chi connectivity index (χ4n) is 4.11. The molecule has 1 saturated heterocycles. The van der Waals surface area contributed by atoms with Gasteiger partial charge in [-0.05, 0) is 24.3 Å². The number of carboxylic acid groups (broad SMARTS) is 1. The molecule has 0 atom stereocenters. The van der Waals surface area contributed by atoms with E-state index in [9.17, 15) is 13.6 Å².